The van der Waals surface area contributed by atoms with Gasteiger partial charge < -0.3 is 20.3 Å². The molecule has 4 rings (SSSR count). The third-order valence-electron chi connectivity index (χ3n) is 4.37. The molecule has 3 N–H and O–H groups in total. The number of nitrogens with zero attached hydrogens (tertiary/aromatic N) is 5. The largest absolute Gasteiger partial charge is 0.369 e. The highest BCUT2D eigenvalue weighted by Crippen LogP contribution is 2.21. The summed E-state index contributed by atoms with van der Waals surface area (Å²) in [6.07, 6.45) is 5.41. The maximum atomic E-state index is 12.0. The van der Waals surface area contributed by atoms with E-state index in [0.717, 1.165) is 11.1 Å². The third kappa shape index (κ3) is 2.64. The van der Waals surface area contributed by atoms with E-state index < -0.39 is 5.60 Å². The molecule has 1 fully saturated rings. The lowest BCUT2D eigenvalue weighted by Gasteiger charge is -2.13. The van der Waals surface area contributed by atoms with Crippen molar-refractivity contribution in [2.75, 3.05) is 19.3 Å². The maximum Gasteiger partial charge on any atom is 0.267 e. The Morgan fingerprint density at radius 1 is 1.35 bits per heavy atom. The zero-order valence-electron chi connectivity index (χ0n) is 14.0. The number of amides is 1. The fraction of sp³-hybridized carbons (Fsp3) is 0.222. The molecular formula is C18H16N6O2. The fourth-order valence-corrected chi connectivity index (χ4v) is 2.91. The Hall–Kier alpha value is -3.44. The Labute approximate surface area is 149 Å². The monoisotopic (exact) mass is 348 g/mol. The lowest BCUT2D eigenvalue weighted by atomic mass is 10.0. The van der Waals surface area contributed by atoms with Crippen LogP contribution in [-0.4, -0.2) is 54.6 Å². The van der Waals surface area contributed by atoms with E-state index in [4.69, 9.17) is 5.73 Å². The Balaban J connectivity index is 1.71. The van der Waals surface area contributed by atoms with Crippen LogP contribution in [0.15, 0.2) is 36.8 Å². The highest BCUT2D eigenvalue weighted by molar-refractivity contribution is 5.90. The van der Waals surface area contributed by atoms with Crippen molar-refractivity contribution in [2.24, 2.45) is 0 Å². The third-order valence-corrected chi connectivity index (χ3v) is 4.37. The first-order valence-corrected chi connectivity index (χ1v) is 8.03. The zero-order chi connectivity index (χ0) is 18.3. The molecule has 26 heavy (non-hydrogen) atoms. The number of aromatic nitrogens is 4. The number of carbonyl (C=O) groups excluding carboxylic acids is 1. The molecule has 1 saturated heterocycles. The summed E-state index contributed by atoms with van der Waals surface area (Å²) in [5, 5.41) is 11.2. The van der Waals surface area contributed by atoms with Gasteiger partial charge in [-0.2, -0.15) is 4.98 Å². The van der Waals surface area contributed by atoms with Gasteiger partial charge in [-0.1, -0.05) is 5.92 Å². The van der Waals surface area contributed by atoms with Crippen LogP contribution in [0.5, 0.6) is 0 Å². The Bertz CT molecular complexity index is 1080. The van der Waals surface area contributed by atoms with Crippen molar-refractivity contribution in [3.63, 3.8) is 0 Å². The topological polar surface area (TPSA) is 110 Å². The normalized spacial score (nSPS) is 19.6. The van der Waals surface area contributed by atoms with Crippen LogP contribution < -0.4 is 5.73 Å². The molecule has 1 aliphatic rings. The summed E-state index contributed by atoms with van der Waals surface area (Å²) >= 11 is 0. The van der Waals surface area contributed by atoms with Gasteiger partial charge in [0.05, 0.1) is 5.69 Å². The molecule has 130 valence electrons. The van der Waals surface area contributed by atoms with E-state index in [0.29, 0.717) is 17.9 Å². The van der Waals surface area contributed by atoms with E-state index in [1.54, 1.807) is 25.5 Å². The second-order valence-electron chi connectivity index (χ2n) is 6.18. The molecule has 0 aromatic carbocycles. The van der Waals surface area contributed by atoms with Gasteiger partial charge in [-0.25, -0.2) is 9.97 Å². The molecule has 3 aromatic heterocycles. The number of nitrogen functional groups attached to an aromatic ring is 1. The van der Waals surface area contributed by atoms with Gasteiger partial charge in [-0.05, 0) is 24.1 Å². The molecule has 1 amide bonds. The number of hydrogen-bond donors (Lipinski definition) is 2. The molecule has 0 aliphatic carbocycles. The molecule has 8 nitrogen and oxygen atoms in total. The fourth-order valence-electron chi connectivity index (χ4n) is 2.91. The van der Waals surface area contributed by atoms with Crippen LogP contribution in [0.25, 0.3) is 16.7 Å². The lowest BCUT2D eigenvalue weighted by Crippen LogP contribution is -2.37. The van der Waals surface area contributed by atoms with Crippen molar-refractivity contribution >= 4 is 22.9 Å². The molecular weight excluding hydrogens is 332 g/mol. The molecule has 4 heterocycles. The van der Waals surface area contributed by atoms with Crippen molar-refractivity contribution < 1.29 is 9.90 Å². The molecule has 1 atom stereocenters. The number of likely N-dealkylation sites (N-methyl/N-ethyl adjacent to an activating group) is 1. The van der Waals surface area contributed by atoms with Crippen molar-refractivity contribution in [3.8, 4) is 17.5 Å². The van der Waals surface area contributed by atoms with Crippen LogP contribution >= 0.6 is 0 Å². The first kappa shape index (κ1) is 16.1. The molecule has 1 aliphatic heterocycles. The van der Waals surface area contributed by atoms with Gasteiger partial charge in [0.25, 0.3) is 5.91 Å². The predicted molar refractivity (Wildman–Crippen MR) is 95.2 cm³/mol. The summed E-state index contributed by atoms with van der Waals surface area (Å²) in [5.41, 5.74) is 5.95. The second kappa shape index (κ2) is 5.82. The summed E-state index contributed by atoms with van der Waals surface area (Å²) in [6.45, 7) is 0.480. The number of hydrogen-bond acceptors (Lipinski definition) is 6. The van der Waals surface area contributed by atoms with Gasteiger partial charge in [0.15, 0.2) is 0 Å². The van der Waals surface area contributed by atoms with Crippen LogP contribution in [0.2, 0.25) is 0 Å². The second-order valence-corrected chi connectivity index (χ2v) is 6.18. The van der Waals surface area contributed by atoms with Gasteiger partial charge >= 0.3 is 0 Å². The molecule has 1 unspecified atom stereocenters. The molecule has 0 spiro atoms. The number of nitrogens with two attached hydrogens (primary N) is 1. The Morgan fingerprint density at radius 2 is 2.19 bits per heavy atom. The van der Waals surface area contributed by atoms with E-state index in [2.05, 4.69) is 26.8 Å². The van der Waals surface area contributed by atoms with Gasteiger partial charge in [-0.3, -0.25) is 4.79 Å². The number of pyridine rings is 1. The standard InChI is InChI=1S/C18H16N6O2/c1-23-9-6-18(26,16(23)25)5-2-13-10-14(3-7-20-13)24-8-4-12-11-21-17(19)22-15(12)24/h3-4,7-8,10-11,26H,6,9H2,1H3,(H2,19,21,22). The molecule has 0 bridgehead atoms. The van der Waals surface area contributed by atoms with Gasteiger partial charge in [0.2, 0.25) is 11.5 Å². The zero-order valence-corrected chi connectivity index (χ0v) is 14.0. The van der Waals surface area contributed by atoms with Crippen LogP contribution in [0.3, 0.4) is 0 Å². The lowest BCUT2D eigenvalue weighted by molar-refractivity contribution is -0.137. The van der Waals surface area contributed by atoms with Gasteiger partial charge in [0, 0.05) is 44.0 Å². The van der Waals surface area contributed by atoms with Crippen molar-refractivity contribution in [1.82, 2.24) is 24.4 Å². The summed E-state index contributed by atoms with van der Waals surface area (Å²) in [4.78, 5) is 25.9. The quantitative estimate of drug-likeness (QED) is 0.614. The minimum atomic E-state index is -1.64. The summed E-state index contributed by atoms with van der Waals surface area (Å²) in [5.74, 6) is 5.29. The van der Waals surface area contributed by atoms with E-state index in [1.807, 2.05) is 22.9 Å². The molecule has 8 heteroatoms. The minimum Gasteiger partial charge on any atom is -0.369 e. The van der Waals surface area contributed by atoms with Crippen LogP contribution in [0.4, 0.5) is 5.95 Å². The Morgan fingerprint density at radius 3 is 2.96 bits per heavy atom. The van der Waals surface area contributed by atoms with Crippen molar-refractivity contribution in [2.45, 2.75) is 12.0 Å². The van der Waals surface area contributed by atoms with Gasteiger partial charge in [-0.15, -0.1) is 0 Å². The molecule has 0 radical (unpaired) electrons. The summed E-state index contributed by atoms with van der Waals surface area (Å²) < 4.78 is 1.85. The van der Waals surface area contributed by atoms with Crippen molar-refractivity contribution in [3.05, 3.63) is 42.5 Å². The summed E-state index contributed by atoms with van der Waals surface area (Å²) in [7, 11) is 1.64. The Kier molecular flexibility index (Phi) is 3.60. The van der Waals surface area contributed by atoms with E-state index in [9.17, 15) is 9.90 Å². The maximum absolute atomic E-state index is 12.0. The molecule has 0 saturated carbocycles. The SMILES string of the molecule is CN1CCC(O)(C#Cc2cc(-n3ccc4cnc(N)nc43)ccn2)C1=O. The predicted octanol–water partition coefficient (Wildman–Crippen LogP) is 0.342. The van der Waals surface area contributed by atoms with Crippen molar-refractivity contribution in [1.29, 1.82) is 0 Å². The highest BCUT2D eigenvalue weighted by atomic mass is 16.3. The average Bonchev–Trinajstić information content (AvgIpc) is 3.17. The highest BCUT2D eigenvalue weighted by Gasteiger charge is 2.42. The van der Waals surface area contributed by atoms with Crippen LogP contribution in [0.1, 0.15) is 12.1 Å². The number of carbonyl (C=O) groups is 1. The number of likely N-dealkylation sites (tertiary alicyclic amines) is 1. The number of anilines is 1. The van der Waals surface area contributed by atoms with Crippen LogP contribution in [0, 0.1) is 11.8 Å². The number of aliphatic hydroxyl groups is 1. The minimum absolute atomic E-state index is 0.192. The summed E-state index contributed by atoms with van der Waals surface area (Å²) in [6, 6.07) is 5.46. The van der Waals surface area contributed by atoms with E-state index in [1.165, 1.54) is 4.90 Å². The molecule has 3 aromatic rings. The first-order chi connectivity index (χ1) is 12.5. The first-order valence-electron chi connectivity index (χ1n) is 8.03. The van der Waals surface area contributed by atoms with Crippen LogP contribution in [-0.2, 0) is 4.79 Å². The number of fused-ring (bicyclic) bond motifs is 1. The van der Waals surface area contributed by atoms with E-state index in [-0.39, 0.29) is 18.3 Å². The smallest absolute Gasteiger partial charge is 0.267 e. The number of rotatable bonds is 1. The average molecular weight is 348 g/mol. The van der Waals surface area contributed by atoms with Gasteiger partial charge in [0.1, 0.15) is 11.3 Å². The van der Waals surface area contributed by atoms with E-state index >= 15 is 0 Å².